The van der Waals surface area contributed by atoms with Crippen LogP contribution in [0, 0.1) is 0 Å². The zero-order valence-electron chi connectivity index (χ0n) is 15.1. The van der Waals surface area contributed by atoms with Gasteiger partial charge >= 0.3 is 0 Å². The molecule has 0 aliphatic rings. The van der Waals surface area contributed by atoms with Gasteiger partial charge in [-0.05, 0) is 43.7 Å². The maximum Gasteiger partial charge on any atom is 0.240 e. The largest absolute Gasteiger partial charge is 0.352 e. The molecule has 1 amide bonds. The molecule has 1 N–H and O–H groups in total. The van der Waals surface area contributed by atoms with Crippen molar-refractivity contribution < 1.29 is 13.2 Å². The van der Waals surface area contributed by atoms with Crippen molar-refractivity contribution >= 4 is 38.2 Å². The van der Waals surface area contributed by atoms with Crippen molar-refractivity contribution in [2.45, 2.75) is 42.6 Å². The van der Waals surface area contributed by atoms with E-state index < -0.39 is 9.84 Å². The molecule has 1 heterocycles. The minimum atomic E-state index is -3.74. The van der Waals surface area contributed by atoms with Crippen LogP contribution in [0.25, 0.3) is 10.9 Å². The van der Waals surface area contributed by atoms with Gasteiger partial charge in [-0.25, -0.2) is 8.42 Å². The second-order valence-electron chi connectivity index (χ2n) is 6.47. The lowest BCUT2D eigenvalue weighted by Gasteiger charge is -2.12. The van der Waals surface area contributed by atoms with Crippen LogP contribution in [0.2, 0.25) is 5.02 Å². The molecule has 0 aliphatic carbocycles. The van der Waals surface area contributed by atoms with Gasteiger partial charge in [0.1, 0.15) is 6.54 Å². The minimum Gasteiger partial charge on any atom is -0.352 e. The van der Waals surface area contributed by atoms with E-state index in [0.717, 1.165) is 6.42 Å². The van der Waals surface area contributed by atoms with Gasteiger partial charge in [-0.2, -0.15) is 0 Å². The van der Waals surface area contributed by atoms with Gasteiger partial charge in [0.15, 0.2) is 0 Å². The summed E-state index contributed by atoms with van der Waals surface area (Å²) in [4.78, 5) is 12.6. The van der Waals surface area contributed by atoms with Crippen LogP contribution in [0.1, 0.15) is 20.3 Å². The molecule has 0 fully saturated rings. The third kappa shape index (κ3) is 4.01. The van der Waals surface area contributed by atoms with Crippen LogP contribution < -0.4 is 5.32 Å². The zero-order valence-corrected chi connectivity index (χ0v) is 16.7. The van der Waals surface area contributed by atoms with Gasteiger partial charge in [0, 0.05) is 28.2 Å². The number of fused-ring (bicyclic) bond motifs is 1. The molecule has 1 atom stereocenters. The number of benzene rings is 2. The van der Waals surface area contributed by atoms with E-state index in [4.69, 9.17) is 11.6 Å². The predicted octanol–water partition coefficient (Wildman–Crippen LogP) is 4.04. The number of carbonyl (C=O) groups excluding carboxylic acids is 1. The summed E-state index contributed by atoms with van der Waals surface area (Å²) in [6.45, 7) is 3.98. The Hall–Kier alpha value is -2.31. The Balaban J connectivity index is 2.04. The molecule has 3 aromatic rings. The first kappa shape index (κ1) is 19.5. The molecule has 1 aromatic heterocycles. The minimum absolute atomic E-state index is 0.0565. The van der Waals surface area contributed by atoms with Crippen LogP contribution in [0.3, 0.4) is 0 Å². The van der Waals surface area contributed by atoms with E-state index in [2.05, 4.69) is 5.32 Å². The molecule has 0 saturated heterocycles. The highest BCUT2D eigenvalue weighted by Crippen LogP contribution is 2.30. The summed E-state index contributed by atoms with van der Waals surface area (Å²) < 4.78 is 27.9. The topological polar surface area (TPSA) is 68.2 Å². The first-order valence-corrected chi connectivity index (χ1v) is 10.6. The maximum absolute atomic E-state index is 13.1. The average molecular weight is 405 g/mol. The van der Waals surface area contributed by atoms with Crippen LogP contribution >= 0.6 is 11.6 Å². The smallest absolute Gasteiger partial charge is 0.240 e. The van der Waals surface area contributed by atoms with Crippen molar-refractivity contribution in [3.8, 4) is 0 Å². The second-order valence-corrected chi connectivity index (χ2v) is 8.83. The molecular weight excluding hydrogens is 384 g/mol. The molecule has 2 aromatic carbocycles. The van der Waals surface area contributed by atoms with Crippen LogP contribution in [-0.4, -0.2) is 24.9 Å². The summed E-state index contributed by atoms with van der Waals surface area (Å²) in [5.74, 6) is -0.152. The third-order valence-electron chi connectivity index (χ3n) is 4.50. The molecular formula is C20H21ClN2O3S. The van der Waals surface area contributed by atoms with Gasteiger partial charge in [-0.1, -0.05) is 36.7 Å². The summed E-state index contributed by atoms with van der Waals surface area (Å²) in [6.07, 6.45) is 2.36. The van der Waals surface area contributed by atoms with E-state index in [0.29, 0.717) is 15.9 Å². The fourth-order valence-corrected chi connectivity index (χ4v) is 4.48. The van der Waals surface area contributed by atoms with Crippen molar-refractivity contribution in [2.24, 2.45) is 0 Å². The highest BCUT2D eigenvalue weighted by molar-refractivity contribution is 7.91. The summed E-state index contributed by atoms with van der Waals surface area (Å²) in [6, 6.07) is 13.3. The maximum atomic E-state index is 13.1. The van der Waals surface area contributed by atoms with Crippen LogP contribution in [0.4, 0.5) is 0 Å². The molecule has 0 radical (unpaired) electrons. The third-order valence-corrected chi connectivity index (χ3v) is 6.55. The average Bonchev–Trinajstić information content (AvgIpc) is 3.01. The quantitative estimate of drug-likeness (QED) is 0.674. The number of amides is 1. The van der Waals surface area contributed by atoms with Gasteiger partial charge in [0.2, 0.25) is 15.7 Å². The van der Waals surface area contributed by atoms with E-state index in [9.17, 15) is 13.2 Å². The van der Waals surface area contributed by atoms with E-state index >= 15 is 0 Å². The van der Waals surface area contributed by atoms with E-state index in [1.54, 1.807) is 28.8 Å². The number of rotatable bonds is 6. The van der Waals surface area contributed by atoms with Crippen molar-refractivity contribution in [3.63, 3.8) is 0 Å². The molecule has 3 rings (SSSR count). The van der Waals surface area contributed by atoms with Crippen molar-refractivity contribution in [3.05, 3.63) is 59.8 Å². The summed E-state index contributed by atoms with van der Waals surface area (Å²) >= 11 is 5.87. The number of aromatic nitrogens is 1. The van der Waals surface area contributed by atoms with E-state index in [1.165, 1.54) is 18.3 Å². The number of hydrogen-bond acceptors (Lipinski definition) is 3. The monoisotopic (exact) mass is 404 g/mol. The zero-order chi connectivity index (χ0) is 19.6. The predicted molar refractivity (Wildman–Crippen MR) is 107 cm³/mol. The Morgan fingerprint density at radius 1 is 1.15 bits per heavy atom. The highest BCUT2D eigenvalue weighted by atomic mass is 35.5. The summed E-state index contributed by atoms with van der Waals surface area (Å²) in [5.41, 5.74) is 0.698. The van der Waals surface area contributed by atoms with E-state index in [-0.39, 0.29) is 28.3 Å². The lowest BCUT2D eigenvalue weighted by Crippen LogP contribution is -2.34. The number of para-hydroxylation sites is 1. The van der Waals surface area contributed by atoms with Gasteiger partial charge in [-0.3, -0.25) is 4.79 Å². The first-order valence-electron chi connectivity index (χ1n) is 8.71. The molecule has 0 saturated carbocycles. The highest BCUT2D eigenvalue weighted by Gasteiger charge is 2.24. The Morgan fingerprint density at radius 2 is 1.81 bits per heavy atom. The molecule has 0 aliphatic heterocycles. The summed E-state index contributed by atoms with van der Waals surface area (Å²) in [7, 11) is -3.74. The SMILES string of the molecule is CCC(C)NC(=O)Cn1cc(S(=O)(=O)c2ccc(Cl)cc2)c2ccccc21. The first-order chi connectivity index (χ1) is 12.8. The summed E-state index contributed by atoms with van der Waals surface area (Å²) in [5, 5.41) is 3.96. The number of halogens is 1. The standard InChI is InChI=1S/C20H21ClN2O3S/c1-3-14(2)22-20(24)13-23-12-19(17-6-4-5-7-18(17)23)27(25,26)16-10-8-15(21)9-11-16/h4-12,14H,3,13H2,1-2H3,(H,22,24). The molecule has 1 unspecified atom stereocenters. The van der Waals surface area contributed by atoms with Gasteiger partial charge in [0.05, 0.1) is 9.79 Å². The van der Waals surface area contributed by atoms with E-state index in [1.807, 2.05) is 26.0 Å². The normalized spacial score (nSPS) is 12.9. The van der Waals surface area contributed by atoms with Gasteiger partial charge in [-0.15, -0.1) is 0 Å². The van der Waals surface area contributed by atoms with Crippen molar-refractivity contribution in [2.75, 3.05) is 0 Å². The molecule has 0 bridgehead atoms. The Bertz CT molecular complexity index is 1070. The molecule has 5 nitrogen and oxygen atoms in total. The van der Waals surface area contributed by atoms with Crippen molar-refractivity contribution in [1.82, 2.24) is 9.88 Å². The Labute approximate surface area is 163 Å². The lowest BCUT2D eigenvalue weighted by molar-refractivity contribution is -0.122. The molecule has 142 valence electrons. The van der Waals surface area contributed by atoms with Crippen LogP contribution in [0.5, 0.6) is 0 Å². The second kappa shape index (κ2) is 7.74. The van der Waals surface area contributed by atoms with Crippen molar-refractivity contribution in [1.29, 1.82) is 0 Å². The van der Waals surface area contributed by atoms with Crippen LogP contribution in [-0.2, 0) is 21.2 Å². The fourth-order valence-electron chi connectivity index (χ4n) is 2.88. The number of carbonyl (C=O) groups is 1. The number of nitrogens with one attached hydrogen (secondary N) is 1. The number of nitrogens with zero attached hydrogens (tertiary/aromatic N) is 1. The number of hydrogen-bond donors (Lipinski definition) is 1. The molecule has 27 heavy (non-hydrogen) atoms. The number of sulfone groups is 1. The lowest BCUT2D eigenvalue weighted by atomic mass is 10.2. The Kier molecular flexibility index (Phi) is 5.58. The fraction of sp³-hybridized carbons (Fsp3) is 0.250. The van der Waals surface area contributed by atoms with Crippen LogP contribution in [0.15, 0.2) is 64.5 Å². The van der Waals surface area contributed by atoms with Gasteiger partial charge in [0.25, 0.3) is 0 Å². The molecule has 7 heteroatoms. The van der Waals surface area contributed by atoms with Gasteiger partial charge < -0.3 is 9.88 Å². The Morgan fingerprint density at radius 3 is 2.48 bits per heavy atom. The molecule has 0 spiro atoms.